The van der Waals surface area contributed by atoms with Gasteiger partial charge < -0.3 is 19.7 Å². The summed E-state index contributed by atoms with van der Waals surface area (Å²) in [6.07, 6.45) is 0.853. The van der Waals surface area contributed by atoms with Crippen molar-refractivity contribution >= 4 is 11.6 Å². The van der Waals surface area contributed by atoms with E-state index >= 15 is 0 Å². The van der Waals surface area contributed by atoms with E-state index in [1.54, 1.807) is 7.11 Å². The fourth-order valence-electron chi connectivity index (χ4n) is 4.06. The number of aryl methyl sites for hydroxylation is 1. The minimum absolute atomic E-state index is 0.183. The van der Waals surface area contributed by atoms with Crippen molar-refractivity contribution in [3.8, 4) is 11.5 Å². The predicted octanol–water partition coefficient (Wildman–Crippen LogP) is 2.66. The first-order valence-electron chi connectivity index (χ1n) is 9.05. The van der Waals surface area contributed by atoms with Crippen molar-refractivity contribution in [2.45, 2.75) is 18.8 Å². The number of benzene rings is 2. The number of rotatable bonds is 5. The monoisotopic (exact) mass is 352 g/mol. The molecule has 5 nitrogen and oxygen atoms in total. The highest BCUT2D eigenvalue weighted by molar-refractivity contribution is 6.08. The lowest BCUT2D eigenvalue weighted by Crippen LogP contribution is -2.43. The molecule has 1 spiro atoms. The van der Waals surface area contributed by atoms with Crippen molar-refractivity contribution in [3.05, 3.63) is 53.6 Å². The predicted molar refractivity (Wildman–Crippen MR) is 101 cm³/mol. The van der Waals surface area contributed by atoms with Gasteiger partial charge in [-0.1, -0.05) is 24.3 Å². The number of hydrogen-bond donors (Lipinski definition) is 1. The number of ether oxygens (including phenoxy) is 2. The Morgan fingerprint density at radius 3 is 2.81 bits per heavy atom. The van der Waals surface area contributed by atoms with E-state index in [0.717, 1.165) is 35.5 Å². The van der Waals surface area contributed by atoms with Crippen molar-refractivity contribution in [1.29, 1.82) is 0 Å². The summed E-state index contributed by atoms with van der Waals surface area (Å²) < 4.78 is 11.3. The van der Waals surface area contributed by atoms with Crippen LogP contribution >= 0.6 is 0 Å². The molecule has 136 valence electrons. The van der Waals surface area contributed by atoms with Crippen molar-refractivity contribution in [2.75, 3.05) is 38.3 Å². The van der Waals surface area contributed by atoms with E-state index in [1.165, 1.54) is 0 Å². The molecule has 0 aliphatic carbocycles. The van der Waals surface area contributed by atoms with Gasteiger partial charge in [0.1, 0.15) is 6.61 Å². The Bertz CT molecular complexity index is 828. The molecular weight excluding hydrogens is 328 g/mol. The Balaban J connectivity index is 1.51. The van der Waals surface area contributed by atoms with Crippen molar-refractivity contribution in [3.63, 3.8) is 0 Å². The smallest absolute Gasteiger partial charge is 0.239 e. The topological polar surface area (TPSA) is 50.8 Å². The van der Waals surface area contributed by atoms with Crippen LogP contribution in [0.25, 0.3) is 0 Å². The lowest BCUT2D eigenvalue weighted by atomic mass is 9.81. The number of methoxy groups -OCH3 is 1. The third-order valence-electron chi connectivity index (χ3n) is 5.41. The summed E-state index contributed by atoms with van der Waals surface area (Å²) in [4.78, 5) is 15.1. The molecule has 1 unspecified atom stereocenters. The Morgan fingerprint density at radius 1 is 1.19 bits per heavy atom. The van der Waals surface area contributed by atoms with Gasteiger partial charge in [0.15, 0.2) is 11.5 Å². The van der Waals surface area contributed by atoms with Crippen LogP contribution in [0.2, 0.25) is 0 Å². The van der Waals surface area contributed by atoms with Gasteiger partial charge in [-0.25, -0.2) is 0 Å². The highest BCUT2D eigenvalue weighted by Gasteiger charge is 2.51. The van der Waals surface area contributed by atoms with Gasteiger partial charge in [0.05, 0.1) is 19.1 Å². The molecule has 0 aromatic heterocycles. The number of amides is 1. The maximum Gasteiger partial charge on any atom is 0.239 e. The highest BCUT2D eigenvalue weighted by Crippen LogP contribution is 2.45. The molecule has 1 fully saturated rings. The molecule has 0 bridgehead atoms. The molecule has 1 atom stereocenters. The molecule has 2 aromatic carbocycles. The van der Waals surface area contributed by atoms with Crippen LogP contribution in [0.4, 0.5) is 5.69 Å². The quantitative estimate of drug-likeness (QED) is 0.899. The van der Waals surface area contributed by atoms with Gasteiger partial charge >= 0.3 is 0 Å². The summed E-state index contributed by atoms with van der Waals surface area (Å²) >= 11 is 0. The lowest BCUT2D eigenvalue weighted by Gasteiger charge is -2.23. The van der Waals surface area contributed by atoms with Crippen molar-refractivity contribution in [2.24, 2.45) is 0 Å². The second kappa shape index (κ2) is 6.65. The molecule has 0 saturated carbocycles. The Labute approximate surface area is 153 Å². The van der Waals surface area contributed by atoms with Crippen LogP contribution in [0.3, 0.4) is 0 Å². The maximum absolute atomic E-state index is 13.2. The average molecular weight is 352 g/mol. The zero-order valence-corrected chi connectivity index (χ0v) is 15.2. The van der Waals surface area contributed by atoms with Crippen molar-refractivity contribution < 1.29 is 14.3 Å². The third-order valence-corrected chi connectivity index (χ3v) is 5.41. The normalized spacial score (nSPS) is 21.3. The molecule has 1 amide bonds. The van der Waals surface area contributed by atoms with Gasteiger partial charge in [-0.05, 0) is 49.2 Å². The number of anilines is 1. The van der Waals surface area contributed by atoms with Gasteiger partial charge in [0.25, 0.3) is 0 Å². The number of nitrogens with zero attached hydrogens (tertiary/aromatic N) is 1. The molecule has 0 radical (unpaired) electrons. The van der Waals surface area contributed by atoms with Gasteiger partial charge in [-0.3, -0.25) is 4.79 Å². The molecule has 26 heavy (non-hydrogen) atoms. The SMILES string of the molecule is COc1cc(C)ccc1OCCN1C(=O)C2(CCNC2)c2ccccc21. The fourth-order valence-corrected chi connectivity index (χ4v) is 4.06. The van der Waals surface area contributed by atoms with E-state index in [9.17, 15) is 4.79 Å². The first kappa shape index (κ1) is 16.9. The minimum atomic E-state index is -0.405. The standard InChI is InChI=1S/C21H24N2O3/c1-15-7-8-18(19(13-15)25-2)26-12-11-23-17-6-4-3-5-16(17)21(20(23)24)9-10-22-14-21/h3-8,13,22H,9-12,14H2,1-2H3. The molecule has 2 heterocycles. The molecule has 5 heteroatoms. The second-order valence-corrected chi connectivity index (χ2v) is 6.99. The van der Waals surface area contributed by atoms with E-state index in [1.807, 2.05) is 48.2 Å². The summed E-state index contributed by atoms with van der Waals surface area (Å²) in [6, 6.07) is 14.0. The second-order valence-electron chi connectivity index (χ2n) is 6.99. The van der Waals surface area contributed by atoms with E-state index in [4.69, 9.17) is 9.47 Å². The van der Waals surface area contributed by atoms with Gasteiger partial charge in [-0.15, -0.1) is 0 Å². The fraction of sp³-hybridized carbons (Fsp3) is 0.381. The van der Waals surface area contributed by atoms with Crippen LogP contribution in [-0.2, 0) is 10.2 Å². The highest BCUT2D eigenvalue weighted by atomic mass is 16.5. The van der Waals surface area contributed by atoms with Crippen LogP contribution in [0.15, 0.2) is 42.5 Å². The summed E-state index contributed by atoms with van der Waals surface area (Å²) in [5.41, 5.74) is 2.87. The largest absolute Gasteiger partial charge is 0.493 e. The van der Waals surface area contributed by atoms with E-state index in [-0.39, 0.29) is 5.91 Å². The average Bonchev–Trinajstić information content (AvgIpc) is 3.24. The number of hydrogen-bond acceptors (Lipinski definition) is 4. The molecule has 4 rings (SSSR count). The number of para-hydroxylation sites is 1. The summed E-state index contributed by atoms with van der Waals surface area (Å²) in [5, 5.41) is 3.35. The van der Waals surface area contributed by atoms with Gasteiger partial charge in [0.2, 0.25) is 5.91 Å². The number of carbonyl (C=O) groups is 1. The van der Waals surface area contributed by atoms with E-state index in [2.05, 4.69) is 11.4 Å². The van der Waals surface area contributed by atoms with Crippen LogP contribution < -0.4 is 19.7 Å². The Morgan fingerprint density at radius 2 is 2.04 bits per heavy atom. The summed E-state index contributed by atoms with van der Waals surface area (Å²) in [7, 11) is 1.64. The third kappa shape index (κ3) is 2.63. The molecular formula is C21H24N2O3. The van der Waals surface area contributed by atoms with Gasteiger partial charge in [-0.2, -0.15) is 0 Å². The first-order valence-corrected chi connectivity index (χ1v) is 9.05. The minimum Gasteiger partial charge on any atom is -0.493 e. The van der Waals surface area contributed by atoms with Crippen LogP contribution in [-0.4, -0.2) is 39.3 Å². The first-order chi connectivity index (χ1) is 12.7. The molecule has 1 saturated heterocycles. The van der Waals surface area contributed by atoms with Crippen LogP contribution in [0.1, 0.15) is 17.5 Å². The summed E-state index contributed by atoms with van der Waals surface area (Å²) in [5.74, 6) is 1.60. The van der Waals surface area contributed by atoms with Crippen LogP contribution in [0.5, 0.6) is 11.5 Å². The molecule has 1 N–H and O–H groups in total. The van der Waals surface area contributed by atoms with Gasteiger partial charge in [0, 0.05) is 12.2 Å². The lowest BCUT2D eigenvalue weighted by molar-refractivity contribution is -0.122. The number of carbonyl (C=O) groups excluding carboxylic acids is 1. The van der Waals surface area contributed by atoms with Crippen molar-refractivity contribution in [1.82, 2.24) is 5.32 Å². The summed E-state index contributed by atoms with van der Waals surface area (Å²) in [6.45, 7) is 4.55. The number of fused-ring (bicyclic) bond motifs is 2. The molecule has 2 aliphatic rings. The van der Waals surface area contributed by atoms with Crippen LogP contribution in [0, 0.1) is 6.92 Å². The number of nitrogens with one attached hydrogen (secondary N) is 1. The Kier molecular flexibility index (Phi) is 4.32. The zero-order valence-electron chi connectivity index (χ0n) is 15.2. The molecule has 2 aliphatic heterocycles. The Hall–Kier alpha value is -2.53. The van der Waals surface area contributed by atoms with E-state index < -0.39 is 5.41 Å². The van der Waals surface area contributed by atoms with E-state index in [0.29, 0.717) is 25.4 Å². The zero-order chi connectivity index (χ0) is 18.1. The maximum atomic E-state index is 13.2. The molecule has 2 aromatic rings.